The van der Waals surface area contributed by atoms with Crippen molar-refractivity contribution in [2.75, 3.05) is 0 Å². The fourth-order valence-electron chi connectivity index (χ4n) is 4.87. The van der Waals surface area contributed by atoms with E-state index in [4.69, 9.17) is 0 Å². The van der Waals surface area contributed by atoms with E-state index in [-0.39, 0.29) is 59.6 Å². The molecule has 0 saturated carbocycles. The lowest BCUT2D eigenvalue weighted by Gasteiger charge is -2.01. The highest BCUT2D eigenvalue weighted by Gasteiger charge is 1.98. The zero-order chi connectivity index (χ0) is 64.0. The molecule has 464 valence electrons. The van der Waals surface area contributed by atoms with Crippen molar-refractivity contribution >= 4 is 63.6 Å². The van der Waals surface area contributed by atoms with Crippen LogP contribution in [-0.4, -0.2) is 63.6 Å². The van der Waals surface area contributed by atoms with Crippen LogP contribution in [0.1, 0.15) is 281 Å². The summed E-state index contributed by atoms with van der Waals surface area (Å²) in [6.07, 6.45) is 15.7. The van der Waals surface area contributed by atoms with Crippen molar-refractivity contribution in [3.05, 3.63) is 107 Å². The smallest absolute Gasteiger partial charge is 0.159 e. The minimum Gasteiger partial charge on any atom is -0.300 e. The molecule has 0 fully saturated rings. The monoisotopic (exact) mass is 1130 g/mol. The first kappa shape index (κ1) is 94.3. The summed E-state index contributed by atoms with van der Waals surface area (Å²) in [6, 6.07) is 26.6. The highest BCUT2D eigenvalue weighted by atomic mass is 16.2. The van der Waals surface area contributed by atoms with E-state index in [9.17, 15) is 52.7 Å². The molecule has 81 heavy (non-hydrogen) atoms. The largest absolute Gasteiger partial charge is 0.300 e. The van der Waals surface area contributed by atoms with Crippen molar-refractivity contribution in [2.45, 2.75) is 262 Å². The Morgan fingerprint density at radius 2 is 0.667 bits per heavy atom. The maximum absolute atomic E-state index is 10.8. The SMILES string of the molecule is C.CC(=O)C(C)C.CC(=O)CCCCC(C)C.CC(=O)Cc1ccccc1.CC(=O)c1ccc(C)cc1.CC(=O)c1ccccc1.CC(C)=O.CC(C)=O.CCC(C)=O.CCCC(C)=O.CCCCCC(C)=O.CCCCCC(C)=O. The Morgan fingerprint density at radius 3 is 0.877 bits per heavy atom. The minimum atomic E-state index is 0. The van der Waals surface area contributed by atoms with Crippen LogP contribution in [0.2, 0.25) is 0 Å². The van der Waals surface area contributed by atoms with Crippen LogP contribution in [0.4, 0.5) is 0 Å². The number of ketones is 11. The van der Waals surface area contributed by atoms with Crippen LogP contribution in [0, 0.1) is 18.8 Å². The standard InChI is InChI=1S/2C9H10O.C9H18O.C8H8O.2C7H14O.2C5H10O.C4H8O.2C3H6O.CH4/c1-7-3-5-9(6-4-7)8(2)10;1-8(10)7-9-5-3-2-4-6-9;1-8(2)6-4-5-7-9(3)10;1-7(9)8-5-3-2-4-6-8;2*1-3-4-5-6-7(2)8;1-4(2)5(3)6;1-3-4-5(2)6;1-3-4(2)5;2*1-3(2)4;/h3-6H,1-2H3;2-6H,7H2,1H3;8H,4-7H2,1-3H3;2-6H,1H3;2*3-6H2,1-2H3;4H,1-3H3;3-4H2,1-2H3;3H2,1-2H3;2*1-2H3;1H4. The van der Waals surface area contributed by atoms with Crippen molar-refractivity contribution < 1.29 is 52.7 Å². The van der Waals surface area contributed by atoms with Crippen molar-refractivity contribution in [3.8, 4) is 0 Å². The van der Waals surface area contributed by atoms with E-state index in [1.807, 2.05) is 120 Å². The molecule has 0 aliphatic carbocycles. The second kappa shape index (κ2) is 70.1. The molecule has 0 amide bonds. The molecule has 0 aromatic heterocycles. The lowest BCUT2D eigenvalue weighted by molar-refractivity contribution is -0.120. The van der Waals surface area contributed by atoms with Gasteiger partial charge in [-0.2, -0.15) is 0 Å². The molecule has 0 N–H and O–H groups in total. The number of aryl methyl sites for hydroxylation is 1. The lowest BCUT2D eigenvalue weighted by Crippen LogP contribution is -1.98. The Hall–Kier alpha value is -5.97. The third-order valence-corrected chi connectivity index (χ3v) is 9.67. The molecule has 0 aliphatic rings. The van der Waals surface area contributed by atoms with Crippen molar-refractivity contribution in [1.82, 2.24) is 0 Å². The summed E-state index contributed by atoms with van der Waals surface area (Å²) in [5.41, 5.74) is 3.84. The minimum absolute atomic E-state index is 0. The molecule has 0 aliphatic heterocycles. The average molecular weight is 1140 g/mol. The first-order valence-corrected chi connectivity index (χ1v) is 28.7. The number of hydrogen-bond donors (Lipinski definition) is 0. The molecular formula is C70H118O11. The molecule has 3 aromatic rings. The van der Waals surface area contributed by atoms with Gasteiger partial charge in [0, 0.05) is 55.6 Å². The summed E-state index contributed by atoms with van der Waals surface area (Å²) in [7, 11) is 0. The maximum atomic E-state index is 10.8. The van der Waals surface area contributed by atoms with E-state index in [2.05, 4.69) is 27.7 Å². The van der Waals surface area contributed by atoms with Gasteiger partial charge in [-0.05, 0) is 134 Å². The molecule has 3 aromatic carbocycles. The quantitative estimate of drug-likeness (QED) is 0.0729. The van der Waals surface area contributed by atoms with Crippen LogP contribution < -0.4 is 0 Å². The molecular weight excluding hydrogens is 1020 g/mol. The van der Waals surface area contributed by atoms with Gasteiger partial charge < -0.3 is 33.6 Å². The topological polar surface area (TPSA) is 188 Å². The van der Waals surface area contributed by atoms with Gasteiger partial charge in [-0.3, -0.25) is 19.2 Å². The number of hydrogen-bond acceptors (Lipinski definition) is 11. The van der Waals surface area contributed by atoms with Crippen molar-refractivity contribution in [1.29, 1.82) is 0 Å². The van der Waals surface area contributed by atoms with Gasteiger partial charge in [-0.25, -0.2) is 0 Å². The van der Waals surface area contributed by atoms with Gasteiger partial charge in [0.1, 0.15) is 52.0 Å². The van der Waals surface area contributed by atoms with Crippen LogP contribution in [0.3, 0.4) is 0 Å². The van der Waals surface area contributed by atoms with Gasteiger partial charge in [0.15, 0.2) is 11.6 Å². The first-order chi connectivity index (χ1) is 37.1. The van der Waals surface area contributed by atoms with E-state index < -0.39 is 0 Å². The lowest BCUT2D eigenvalue weighted by atomic mass is 10.0. The Bertz CT molecular complexity index is 1990. The van der Waals surface area contributed by atoms with Crippen LogP contribution >= 0.6 is 0 Å². The van der Waals surface area contributed by atoms with Gasteiger partial charge in [0.25, 0.3) is 0 Å². The number of unbranched alkanes of at least 4 members (excludes halogenated alkanes) is 5. The molecule has 0 saturated heterocycles. The highest BCUT2D eigenvalue weighted by Crippen LogP contribution is 2.08. The molecule has 0 atom stereocenters. The van der Waals surface area contributed by atoms with E-state index in [0.717, 1.165) is 74.0 Å². The van der Waals surface area contributed by atoms with E-state index in [0.29, 0.717) is 30.2 Å². The van der Waals surface area contributed by atoms with E-state index in [1.165, 1.54) is 71.8 Å². The molecule has 3 rings (SSSR count). The van der Waals surface area contributed by atoms with Crippen LogP contribution in [-0.2, 0) is 49.6 Å². The summed E-state index contributed by atoms with van der Waals surface area (Å²) in [5, 5.41) is 0. The Labute approximate surface area is 495 Å². The second-order valence-electron chi connectivity index (χ2n) is 20.5. The summed E-state index contributed by atoms with van der Waals surface area (Å²) < 4.78 is 0. The molecule has 0 radical (unpaired) electrons. The number of carbonyl (C=O) groups is 11. The summed E-state index contributed by atoms with van der Waals surface area (Å²) in [5.74, 6) is 3.55. The normalized spacial score (nSPS) is 8.84. The molecule has 0 heterocycles. The number of benzene rings is 3. The fourth-order valence-corrected chi connectivity index (χ4v) is 4.87. The number of carbonyl (C=O) groups excluding carboxylic acids is 11. The average Bonchev–Trinajstić information content (AvgIpc) is 3.34. The van der Waals surface area contributed by atoms with Crippen molar-refractivity contribution in [2.24, 2.45) is 11.8 Å². The Balaban J connectivity index is -0.000000102. The molecule has 0 spiro atoms. The number of rotatable bonds is 21. The van der Waals surface area contributed by atoms with Gasteiger partial charge in [-0.1, -0.05) is 192 Å². The van der Waals surface area contributed by atoms with Crippen LogP contribution in [0.15, 0.2) is 84.9 Å². The second-order valence-corrected chi connectivity index (χ2v) is 20.5. The summed E-state index contributed by atoms with van der Waals surface area (Å²) in [6.45, 7) is 39.0. The third kappa shape index (κ3) is 114. The van der Waals surface area contributed by atoms with Gasteiger partial charge in [0.2, 0.25) is 0 Å². The predicted octanol–water partition coefficient (Wildman–Crippen LogP) is 18.4. The Kier molecular flexibility index (Phi) is 81.7. The molecule has 11 nitrogen and oxygen atoms in total. The first-order valence-electron chi connectivity index (χ1n) is 28.7. The van der Waals surface area contributed by atoms with Gasteiger partial charge >= 0.3 is 0 Å². The van der Waals surface area contributed by atoms with E-state index in [1.54, 1.807) is 62.3 Å². The van der Waals surface area contributed by atoms with Crippen LogP contribution in [0.25, 0.3) is 0 Å². The zero-order valence-corrected chi connectivity index (χ0v) is 54.5. The third-order valence-electron chi connectivity index (χ3n) is 9.67. The predicted molar refractivity (Wildman–Crippen MR) is 344 cm³/mol. The number of Topliss-reactive ketones (excluding diaryl/α,β-unsaturated/α-hetero) is 11. The van der Waals surface area contributed by atoms with Crippen molar-refractivity contribution in [3.63, 3.8) is 0 Å². The summed E-state index contributed by atoms with van der Waals surface area (Å²) in [4.78, 5) is 112. The zero-order valence-electron chi connectivity index (χ0n) is 54.5. The molecule has 0 unspecified atom stereocenters. The highest BCUT2D eigenvalue weighted by molar-refractivity contribution is 5.94. The molecule has 0 bridgehead atoms. The fraction of sp³-hybridized carbons (Fsp3) is 0.586. The van der Waals surface area contributed by atoms with Gasteiger partial charge in [-0.15, -0.1) is 0 Å². The Morgan fingerprint density at radius 1 is 0.370 bits per heavy atom. The summed E-state index contributed by atoms with van der Waals surface area (Å²) >= 11 is 0. The van der Waals surface area contributed by atoms with E-state index >= 15 is 0 Å². The van der Waals surface area contributed by atoms with Crippen LogP contribution in [0.5, 0.6) is 0 Å². The maximum Gasteiger partial charge on any atom is 0.159 e. The molecule has 11 heteroatoms. The van der Waals surface area contributed by atoms with Gasteiger partial charge in [0.05, 0.1) is 0 Å².